The van der Waals surface area contributed by atoms with Crippen LogP contribution >= 0.6 is 0 Å². The Morgan fingerprint density at radius 3 is 2.23 bits per heavy atom. The van der Waals surface area contributed by atoms with Crippen molar-refractivity contribution in [2.24, 2.45) is 0 Å². The maximum atomic E-state index is 14.7. The number of rotatable bonds is 8. The molecule has 0 radical (unpaired) electrons. The first-order chi connectivity index (χ1) is 16.4. The van der Waals surface area contributed by atoms with E-state index in [4.69, 9.17) is 9.26 Å². The average Bonchev–Trinajstić information content (AvgIpc) is 3.19. The highest BCUT2D eigenvalue weighted by molar-refractivity contribution is 6.88. The van der Waals surface area contributed by atoms with E-state index in [1.807, 2.05) is 19.6 Å². The van der Waals surface area contributed by atoms with Gasteiger partial charge in [-0.1, -0.05) is 43.9 Å². The van der Waals surface area contributed by atoms with E-state index in [9.17, 15) is 23.5 Å². The van der Waals surface area contributed by atoms with Gasteiger partial charge < -0.3 is 24.6 Å². The van der Waals surface area contributed by atoms with Crippen molar-refractivity contribution in [3.63, 3.8) is 0 Å². The number of anilines is 1. The summed E-state index contributed by atoms with van der Waals surface area (Å²) in [5.41, 5.74) is 1.20. The summed E-state index contributed by atoms with van der Waals surface area (Å²) in [4.78, 5) is 27.4. The largest absolute Gasteiger partial charge is 0.491 e. The average molecular weight is 504 g/mol. The Balaban J connectivity index is 1.96. The lowest BCUT2D eigenvalue weighted by molar-refractivity contribution is -0.120. The van der Waals surface area contributed by atoms with E-state index in [0.717, 1.165) is 28.7 Å². The Morgan fingerprint density at radius 1 is 1.14 bits per heavy atom. The van der Waals surface area contributed by atoms with E-state index in [1.54, 1.807) is 31.4 Å². The van der Waals surface area contributed by atoms with Gasteiger partial charge in [-0.25, -0.2) is 8.78 Å². The number of carbonyl (C=O) groups is 2. The summed E-state index contributed by atoms with van der Waals surface area (Å²) in [6.45, 7) is 5.80. The fourth-order valence-electron chi connectivity index (χ4n) is 3.74. The van der Waals surface area contributed by atoms with E-state index in [-0.39, 0.29) is 16.6 Å². The molecule has 1 atom stereocenters. The molecule has 0 aliphatic heterocycles. The maximum absolute atomic E-state index is 14.7. The predicted octanol–water partition coefficient (Wildman–Crippen LogP) is 3.80. The third-order valence-corrected chi connectivity index (χ3v) is 7.31. The number of aromatic hydroxyl groups is 1. The van der Waals surface area contributed by atoms with Gasteiger partial charge in [0.2, 0.25) is 5.76 Å². The second kappa shape index (κ2) is 10.4. The molecule has 1 heterocycles. The Morgan fingerprint density at radius 2 is 1.74 bits per heavy atom. The van der Waals surface area contributed by atoms with Crippen LogP contribution in [0, 0.1) is 11.6 Å². The molecular weight excluding hydrogens is 476 g/mol. The summed E-state index contributed by atoms with van der Waals surface area (Å²) in [7, 11) is 0.613. The van der Waals surface area contributed by atoms with Gasteiger partial charge in [0, 0.05) is 25.0 Å². The summed E-state index contributed by atoms with van der Waals surface area (Å²) in [5.74, 6) is -3.67. The molecule has 0 unspecified atom stereocenters. The molecule has 35 heavy (non-hydrogen) atoms. The van der Waals surface area contributed by atoms with Crippen molar-refractivity contribution in [1.29, 1.82) is 0 Å². The fraction of sp³-hybridized carbons (Fsp3) is 0.292. The molecule has 2 amide bonds. The van der Waals surface area contributed by atoms with Gasteiger partial charge >= 0.3 is 0 Å². The molecule has 186 valence electrons. The normalized spacial score (nSPS) is 12.3. The number of benzene rings is 2. The smallest absolute Gasteiger partial charge is 0.293 e. The van der Waals surface area contributed by atoms with Crippen LogP contribution in [0.5, 0.6) is 5.88 Å². The molecule has 0 spiro atoms. The van der Waals surface area contributed by atoms with Crippen LogP contribution in [-0.4, -0.2) is 49.2 Å². The van der Waals surface area contributed by atoms with E-state index in [1.165, 1.54) is 7.05 Å². The zero-order chi connectivity index (χ0) is 25.9. The molecule has 0 saturated carbocycles. The number of ether oxygens (including phenoxy) is 1. The van der Waals surface area contributed by atoms with Crippen molar-refractivity contribution in [3.8, 4) is 5.88 Å². The van der Waals surface area contributed by atoms with Gasteiger partial charge in [0.25, 0.3) is 17.7 Å². The van der Waals surface area contributed by atoms with Gasteiger partial charge in [-0.2, -0.15) is 0 Å². The molecule has 11 heteroatoms. The quantitative estimate of drug-likeness (QED) is 0.453. The zero-order valence-electron chi connectivity index (χ0n) is 20.1. The maximum Gasteiger partial charge on any atom is 0.293 e. The molecule has 8 nitrogen and oxygen atoms in total. The highest BCUT2D eigenvalue weighted by atomic mass is 28.3. The van der Waals surface area contributed by atoms with Crippen molar-refractivity contribution >= 4 is 30.8 Å². The Labute approximate surface area is 202 Å². The molecule has 0 aliphatic rings. The third-order valence-electron chi connectivity index (χ3n) is 5.33. The Bertz CT molecular complexity index is 1200. The van der Waals surface area contributed by atoms with Crippen molar-refractivity contribution in [3.05, 3.63) is 71.0 Å². The van der Waals surface area contributed by atoms with Gasteiger partial charge in [0.05, 0.1) is 20.7 Å². The number of hydrogen-bond donors (Lipinski definition) is 2. The van der Waals surface area contributed by atoms with Crippen LogP contribution in [0.3, 0.4) is 0 Å². The van der Waals surface area contributed by atoms with Gasteiger partial charge in [-0.15, -0.1) is 0 Å². The Kier molecular flexibility index (Phi) is 7.71. The van der Waals surface area contributed by atoms with Crippen LogP contribution in [0.15, 0.2) is 47.0 Å². The lowest BCUT2D eigenvalue weighted by Crippen LogP contribution is -2.42. The molecule has 1 aromatic heterocycles. The first-order valence-electron chi connectivity index (χ1n) is 10.7. The minimum Gasteiger partial charge on any atom is -0.491 e. The highest BCUT2D eigenvalue weighted by Gasteiger charge is 2.32. The molecule has 0 bridgehead atoms. The SMILES string of the molecule is COCc1ccc([C@H](C(=O)Nc2cc(F)c([Si](C)(C)C)c(F)c2)N(C)C(=O)c2cc(O)no2)cc1. The number of nitrogens with zero attached hydrogens (tertiary/aromatic N) is 2. The first kappa shape index (κ1) is 26.0. The predicted molar refractivity (Wildman–Crippen MR) is 128 cm³/mol. The summed E-state index contributed by atoms with van der Waals surface area (Å²) < 4.78 is 39.4. The molecule has 3 aromatic rings. The lowest BCUT2D eigenvalue weighted by Gasteiger charge is -2.27. The molecule has 0 fully saturated rings. The van der Waals surface area contributed by atoms with Crippen LogP contribution in [0.25, 0.3) is 0 Å². The van der Waals surface area contributed by atoms with Crippen LogP contribution in [0.1, 0.15) is 27.7 Å². The zero-order valence-corrected chi connectivity index (χ0v) is 21.1. The number of nitrogens with one attached hydrogen (secondary N) is 1. The third kappa shape index (κ3) is 5.92. The van der Waals surface area contributed by atoms with Crippen LogP contribution in [0.4, 0.5) is 14.5 Å². The van der Waals surface area contributed by atoms with E-state index < -0.39 is 43.4 Å². The number of amides is 2. The van der Waals surface area contributed by atoms with Gasteiger partial charge in [0.1, 0.15) is 17.7 Å². The van der Waals surface area contributed by atoms with Crippen molar-refractivity contribution in [1.82, 2.24) is 10.1 Å². The van der Waals surface area contributed by atoms with Gasteiger partial charge in [-0.05, 0) is 28.4 Å². The van der Waals surface area contributed by atoms with Crippen LogP contribution in [-0.2, 0) is 16.1 Å². The van der Waals surface area contributed by atoms with Gasteiger partial charge in [0.15, 0.2) is 0 Å². The number of likely N-dealkylation sites (N-methyl/N-ethyl adjacent to an activating group) is 1. The van der Waals surface area contributed by atoms with Crippen LogP contribution in [0.2, 0.25) is 19.6 Å². The van der Waals surface area contributed by atoms with Crippen molar-refractivity contribution in [2.75, 3.05) is 19.5 Å². The molecule has 3 rings (SSSR count). The second-order valence-electron chi connectivity index (χ2n) is 9.10. The van der Waals surface area contributed by atoms with E-state index in [2.05, 4.69) is 10.5 Å². The molecule has 0 aliphatic carbocycles. The lowest BCUT2D eigenvalue weighted by atomic mass is 10.0. The molecular formula is C24H27F2N3O5Si. The summed E-state index contributed by atoms with van der Waals surface area (Å²) >= 11 is 0. The second-order valence-corrected chi connectivity index (χ2v) is 14.1. The minimum absolute atomic E-state index is 0.0400. The van der Waals surface area contributed by atoms with E-state index in [0.29, 0.717) is 12.2 Å². The minimum atomic E-state index is -2.30. The number of halogens is 2. The summed E-state index contributed by atoms with van der Waals surface area (Å²) in [5, 5.41) is 15.3. The molecule has 2 N–H and O–H groups in total. The standard InChI is InChI=1S/C24H27F2N3O5Si/c1-29(24(32)19-12-20(30)28-34-19)21(15-8-6-14(7-9-15)13-33-2)23(31)27-16-10-17(25)22(18(26)11-16)35(3,4)5/h6-12,21H,13H2,1-5H3,(H,27,31)(H,28,30)/t21-/m1/s1. The molecule has 0 saturated heterocycles. The monoisotopic (exact) mass is 503 g/mol. The summed E-state index contributed by atoms with van der Waals surface area (Å²) in [6.07, 6.45) is 0. The van der Waals surface area contributed by atoms with Crippen molar-refractivity contribution < 1.29 is 32.7 Å². The van der Waals surface area contributed by atoms with Crippen molar-refractivity contribution in [2.45, 2.75) is 32.3 Å². The number of methoxy groups -OCH3 is 1. The van der Waals surface area contributed by atoms with Gasteiger partial charge in [-0.3, -0.25) is 9.59 Å². The first-order valence-corrected chi connectivity index (χ1v) is 14.2. The number of hydrogen-bond acceptors (Lipinski definition) is 6. The Hall–Kier alpha value is -3.57. The summed E-state index contributed by atoms with van der Waals surface area (Å²) in [6, 6.07) is 8.74. The van der Waals surface area contributed by atoms with Crippen LogP contribution < -0.4 is 10.5 Å². The number of carbonyl (C=O) groups excluding carboxylic acids is 2. The topological polar surface area (TPSA) is 105 Å². The number of aromatic nitrogens is 1. The highest BCUT2D eigenvalue weighted by Crippen LogP contribution is 2.26. The van der Waals surface area contributed by atoms with E-state index >= 15 is 0 Å². The molecule has 2 aromatic carbocycles. The fourth-order valence-corrected chi connectivity index (χ4v) is 5.32.